The van der Waals surface area contributed by atoms with Crippen LogP contribution in [0.15, 0.2) is 0 Å². The number of hydrogen-bond donors (Lipinski definition) is 0. The maximum atomic E-state index is 6.48. The van der Waals surface area contributed by atoms with E-state index in [1.165, 1.54) is 0 Å². The molecule has 0 radical (unpaired) electrons. The van der Waals surface area contributed by atoms with Crippen LogP contribution in [0.25, 0.3) is 11.5 Å². The summed E-state index contributed by atoms with van der Waals surface area (Å²) in [5.41, 5.74) is 13.0. The fourth-order valence-corrected chi connectivity index (χ4v) is 0.0884. The van der Waals surface area contributed by atoms with Gasteiger partial charge in [-0.25, -0.2) is 0 Å². The fourth-order valence-electron chi connectivity index (χ4n) is 0.0884. The first kappa shape index (κ1) is 11.8. The number of nitrogens with one attached hydrogen (secondary N) is 2. The Balaban J connectivity index is 0. The van der Waals surface area contributed by atoms with Gasteiger partial charge in [0.25, 0.3) is 0 Å². The molecule has 0 aliphatic carbocycles. The van der Waals surface area contributed by atoms with Gasteiger partial charge in [0.2, 0.25) is 0 Å². The van der Waals surface area contributed by atoms with Crippen LogP contribution in [0.1, 0.15) is 6.42 Å². The Morgan fingerprint density at radius 3 is 1.38 bits per heavy atom. The minimum Gasteiger partial charge on any atom is -0.677 e. The molecular formula is C3H8Cl2CoN2-2. The molecule has 0 aromatic carbocycles. The molecular weight excluding hydrogens is 194 g/mol. The molecule has 0 saturated heterocycles. The number of rotatable bonds is 2. The molecule has 8 heavy (non-hydrogen) atoms. The van der Waals surface area contributed by atoms with Gasteiger partial charge in [0, 0.05) is 0 Å². The van der Waals surface area contributed by atoms with E-state index in [0.29, 0.717) is 26.0 Å². The van der Waals surface area contributed by atoms with Gasteiger partial charge in [0.15, 0.2) is 0 Å². The predicted molar refractivity (Wildman–Crippen MR) is 34.7 cm³/mol. The van der Waals surface area contributed by atoms with Crippen molar-refractivity contribution in [3.63, 3.8) is 0 Å². The Hall–Kier alpha value is 1.01. The van der Waals surface area contributed by atoms with E-state index in [1.54, 1.807) is 0 Å². The fraction of sp³-hybridized carbons (Fsp3) is 1.00. The summed E-state index contributed by atoms with van der Waals surface area (Å²) in [4.78, 5) is 0. The quantitative estimate of drug-likeness (QED) is 0.660. The molecule has 2 N–H and O–H groups in total. The van der Waals surface area contributed by atoms with E-state index in [4.69, 9.17) is 31.8 Å². The van der Waals surface area contributed by atoms with Crippen molar-refractivity contribution in [2.45, 2.75) is 6.42 Å². The summed E-state index contributed by atoms with van der Waals surface area (Å²) in [6.07, 6.45) is 0.722. The minimum atomic E-state index is 0.382. The predicted octanol–water partition coefficient (Wildman–Crippen LogP) is 2.86. The Bertz CT molecular complexity index is 29.2. The normalized spacial score (nSPS) is 8.00. The topological polar surface area (TPSA) is 47.6 Å². The first-order valence-electron chi connectivity index (χ1n) is 1.96. The van der Waals surface area contributed by atoms with E-state index >= 15 is 0 Å². The molecule has 0 aromatic rings. The molecule has 55 valence electrons. The smallest absolute Gasteiger partial charge is 0.0916 e. The molecule has 0 atom stereocenters. The van der Waals surface area contributed by atoms with E-state index in [-0.39, 0.29) is 0 Å². The van der Waals surface area contributed by atoms with Gasteiger partial charge in [-0.2, -0.15) is 13.1 Å². The van der Waals surface area contributed by atoms with Gasteiger partial charge in [-0.3, -0.25) is 0 Å². The maximum Gasteiger partial charge on any atom is -0.0916 e. The Morgan fingerprint density at radius 2 is 1.38 bits per heavy atom. The van der Waals surface area contributed by atoms with Crippen molar-refractivity contribution in [3.8, 4) is 0 Å². The zero-order valence-electron chi connectivity index (χ0n) is 4.21. The number of halogens is 2. The second-order valence-electron chi connectivity index (χ2n) is 0.901. The van der Waals surface area contributed by atoms with Crippen LogP contribution < -0.4 is 0 Å². The monoisotopic (exact) mass is 201 g/mol. The molecule has 0 bridgehead atoms. The first-order valence-corrected chi connectivity index (χ1v) is 4.82. The van der Waals surface area contributed by atoms with Crippen molar-refractivity contribution < 1.29 is 12.9 Å². The van der Waals surface area contributed by atoms with Crippen LogP contribution in [0.2, 0.25) is 0 Å². The third-order valence-electron chi connectivity index (χ3n) is 0.354. The minimum absolute atomic E-state index is 0.382. The van der Waals surface area contributed by atoms with Gasteiger partial charge in [-0.1, -0.05) is 6.42 Å². The summed E-state index contributed by atoms with van der Waals surface area (Å²) in [5.74, 6) is 0. The molecule has 5 heteroatoms. The van der Waals surface area contributed by atoms with Crippen LogP contribution in [-0.4, -0.2) is 13.1 Å². The van der Waals surface area contributed by atoms with Gasteiger partial charge in [0.05, 0.1) is 0 Å². The van der Waals surface area contributed by atoms with Crippen LogP contribution >= 0.6 is 20.3 Å². The molecule has 0 aliphatic heterocycles. The summed E-state index contributed by atoms with van der Waals surface area (Å²) in [6.45, 7) is 0.812. The zero-order valence-corrected chi connectivity index (χ0v) is 6.76. The summed E-state index contributed by atoms with van der Waals surface area (Å²) in [6, 6.07) is 0. The Labute approximate surface area is 64.4 Å². The summed E-state index contributed by atoms with van der Waals surface area (Å²) in [7, 11) is 9.47. The van der Waals surface area contributed by atoms with E-state index < -0.39 is 0 Å². The average molecular weight is 202 g/mol. The molecule has 0 amide bonds. The molecule has 0 fully saturated rings. The number of hydrogen-bond acceptors (Lipinski definition) is 0. The second kappa shape index (κ2) is 15.7. The van der Waals surface area contributed by atoms with E-state index in [9.17, 15) is 0 Å². The van der Waals surface area contributed by atoms with Crippen molar-refractivity contribution in [1.82, 2.24) is 0 Å². The first-order chi connectivity index (χ1) is 3.83. The van der Waals surface area contributed by atoms with Gasteiger partial charge < -0.3 is 11.5 Å². The molecule has 0 aliphatic rings. The van der Waals surface area contributed by atoms with Crippen molar-refractivity contribution >= 4 is 20.3 Å². The largest absolute Gasteiger partial charge is 0.677 e. The SMILES string of the molecule is [Cl][Co][Cl].[NH-]CCC[NH-]. The molecule has 0 heterocycles. The molecule has 0 spiro atoms. The van der Waals surface area contributed by atoms with Gasteiger partial charge in [-0.15, -0.1) is 0 Å². The zero-order chi connectivity index (χ0) is 6.83. The van der Waals surface area contributed by atoms with E-state index in [1.807, 2.05) is 0 Å². The van der Waals surface area contributed by atoms with Crippen molar-refractivity contribution in [2.75, 3.05) is 13.1 Å². The van der Waals surface area contributed by atoms with Crippen molar-refractivity contribution in [1.29, 1.82) is 0 Å². The van der Waals surface area contributed by atoms with Gasteiger partial charge in [0.1, 0.15) is 0 Å². The van der Waals surface area contributed by atoms with E-state index in [2.05, 4.69) is 0 Å². The summed E-state index contributed by atoms with van der Waals surface area (Å²) >= 11 is 0.382. The van der Waals surface area contributed by atoms with Gasteiger partial charge in [-0.05, 0) is 0 Å². The standard InChI is InChI=1S/C3H8N2.2ClH.Co/c4-2-1-3-5;;;/h4-5H,1-3H2;2*1H;/q-2;;;+2/p-2. The Morgan fingerprint density at radius 1 is 1.12 bits per heavy atom. The van der Waals surface area contributed by atoms with Crippen LogP contribution in [-0.2, 0) is 12.9 Å². The Kier molecular flexibility index (Phi) is 23.1. The summed E-state index contributed by atoms with van der Waals surface area (Å²) < 4.78 is 0. The van der Waals surface area contributed by atoms with Gasteiger partial charge >= 0.3 is 33.2 Å². The molecule has 0 aromatic heterocycles. The van der Waals surface area contributed by atoms with Crippen molar-refractivity contribution in [2.24, 2.45) is 0 Å². The maximum absolute atomic E-state index is 6.48. The molecule has 0 unspecified atom stereocenters. The van der Waals surface area contributed by atoms with Crippen LogP contribution in [0, 0.1) is 0 Å². The third kappa shape index (κ3) is 28.0. The summed E-state index contributed by atoms with van der Waals surface area (Å²) in [5, 5.41) is 0. The molecule has 2 nitrogen and oxygen atoms in total. The average Bonchev–Trinajstić information content (AvgIpc) is 1.71. The van der Waals surface area contributed by atoms with Crippen LogP contribution in [0.4, 0.5) is 0 Å². The van der Waals surface area contributed by atoms with Crippen molar-refractivity contribution in [3.05, 3.63) is 11.5 Å². The van der Waals surface area contributed by atoms with Crippen LogP contribution in [0.5, 0.6) is 0 Å². The van der Waals surface area contributed by atoms with Crippen LogP contribution in [0.3, 0.4) is 0 Å². The van der Waals surface area contributed by atoms with E-state index in [0.717, 1.165) is 6.42 Å². The molecule has 0 rings (SSSR count). The third-order valence-corrected chi connectivity index (χ3v) is 0.354. The molecule has 0 saturated carbocycles. The second-order valence-corrected chi connectivity index (χ2v) is 2.62.